The molecule has 2 heterocycles. The molecule has 0 spiro atoms. The lowest BCUT2D eigenvalue weighted by Crippen LogP contribution is -2.58. The van der Waals surface area contributed by atoms with Crippen molar-refractivity contribution in [2.45, 2.75) is 70.5 Å². The summed E-state index contributed by atoms with van der Waals surface area (Å²) in [5, 5.41) is 5.59. The molecule has 0 saturated carbocycles. The maximum atomic E-state index is 13.2. The van der Waals surface area contributed by atoms with Crippen molar-refractivity contribution in [1.29, 1.82) is 0 Å². The molecule has 1 fully saturated rings. The van der Waals surface area contributed by atoms with Crippen molar-refractivity contribution in [1.82, 2.24) is 19.8 Å². The fourth-order valence-electron chi connectivity index (χ4n) is 4.31. The van der Waals surface area contributed by atoms with Gasteiger partial charge in [-0.05, 0) is 44.7 Å². The maximum Gasteiger partial charge on any atom is 0.264 e. The predicted molar refractivity (Wildman–Crippen MR) is 123 cm³/mol. The summed E-state index contributed by atoms with van der Waals surface area (Å²) in [7, 11) is -3.98. The van der Waals surface area contributed by atoms with Crippen molar-refractivity contribution in [2.24, 2.45) is 5.41 Å². The molecule has 2 atom stereocenters. The minimum absolute atomic E-state index is 0.0469. The largest absolute Gasteiger partial charge is 0.353 e. The number of nitrogens with one attached hydrogen (secondary N) is 2. The van der Waals surface area contributed by atoms with Crippen LogP contribution in [0.15, 0.2) is 41.6 Å². The average Bonchev–Trinajstić information content (AvgIpc) is 2.71. The molecular formula is C23H34N4O4S. The first-order valence-electron chi connectivity index (χ1n) is 11.0. The molecule has 9 heteroatoms. The highest BCUT2D eigenvalue weighted by Crippen LogP contribution is 2.30. The van der Waals surface area contributed by atoms with E-state index in [1.165, 1.54) is 24.5 Å². The Labute approximate surface area is 191 Å². The van der Waals surface area contributed by atoms with Gasteiger partial charge in [-0.3, -0.25) is 13.9 Å². The molecule has 2 amide bonds. The molecule has 0 bridgehead atoms. The Hall–Kier alpha value is -2.39. The van der Waals surface area contributed by atoms with Gasteiger partial charge in [0.05, 0.1) is 11.3 Å². The first-order chi connectivity index (χ1) is 14.9. The lowest BCUT2D eigenvalue weighted by Gasteiger charge is -2.46. The van der Waals surface area contributed by atoms with E-state index in [9.17, 15) is 18.0 Å². The molecule has 0 aromatic heterocycles. The highest BCUT2D eigenvalue weighted by molar-refractivity contribution is 7.89. The summed E-state index contributed by atoms with van der Waals surface area (Å²) >= 11 is 0. The maximum absolute atomic E-state index is 13.2. The number of carbonyl (C=O) groups excluding carboxylic acids is 2. The van der Waals surface area contributed by atoms with Gasteiger partial charge in [0.15, 0.2) is 0 Å². The Morgan fingerprint density at radius 3 is 2.50 bits per heavy atom. The second kappa shape index (κ2) is 9.23. The quantitative estimate of drug-likeness (QED) is 0.674. The Morgan fingerprint density at radius 2 is 1.91 bits per heavy atom. The van der Waals surface area contributed by atoms with Crippen LogP contribution in [0.1, 0.15) is 46.1 Å². The molecule has 2 aliphatic heterocycles. The number of carbonyl (C=O) groups is 2. The molecule has 2 N–H and O–H groups in total. The second-order valence-corrected chi connectivity index (χ2v) is 11.5. The van der Waals surface area contributed by atoms with E-state index in [0.717, 1.165) is 29.4 Å². The SMILES string of the molecule is Cc1ccc(S(=O)(=O)N2C=CNC(=O)[C@H]2CC(=O)N[C@H]2CCN(C(C)C)CC2(C)C)cc1. The third-order valence-corrected chi connectivity index (χ3v) is 8.16. The molecule has 0 unspecified atom stereocenters. The zero-order valence-electron chi connectivity index (χ0n) is 19.5. The molecule has 2 aliphatic rings. The Balaban J connectivity index is 1.74. The van der Waals surface area contributed by atoms with Crippen LogP contribution in [-0.2, 0) is 19.6 Å². The molecule has 1 aromatic carbocycles. The van der Waals surface area contributed by atoms with Gasteiger partial charge in [-0.25, -0.2) is 8.42 Å². The fraction of sp³-hybridized carbons (Fsp3) is 0.565. The summed E-state index contributed by atoms with van der Waals surface area (Å²) in [6.45, 7) is 12.2. The van der Waals surface area contributed by atoms with Gasteiger partial charge in [0.2, 0.25) is 11.8 Å². The van der Waals surface area contributed by atoms with Gasteiger partial charge in [-0.15, -0.1) is 0 Å². The van der Waals surface area contributed by atoms with Gasteiger partial charge in [-0.2, -0.15) is 0 Å². The van der Waals surface area contributed by atoms with Crippen LogP contribution in [0, 0.1) is 12.3 Å². The summed E-state index contributed by atoms with van der Waals surface area (Å²) in [4.78, 5) is 28.0. The monoisotopic (exact) mass is 462 g/mol. The van der Waals surface area contributed by atoms with E-state index in [1.54, 1.807) is 12.1 Å². The number of amides is 2. The molecule has 32 heavy (non-hydrogen) atoms. The van der Waals surface area contributed by atoms with Gasteiger partial charge >= 0.3 is 0 Å². The zero-order chi connectivity index (χ0) is 23.7. The molecular weight excluding hydrogens is 428 g/mol. The molecule has 0 radical (unpaired) electrons. The third-order valence-electron chi connectivity index (χ3n) is 6.36. The number of benzene rings is 1. The van der Waals surface area contributed by atoms with Crippen molar-refractivity contribution >= 4 is 21.8 Å². The van der Waals surface area contributed by atoms with Crippen molar-refractivity contribution in [3.63, 3.8) is 0 Å². The van der Waals surface area contributed by atoms with Gasteiger partial charge in [-0.1, -0.05) is 31.5 Å². The van der Waals surface area contributed by atoms with Crippen LogP contribution < -0.4 is 10.6 Å². The number of rotatable bonds is 6. The second-order valence-electron chi connectivity index (χ2n) is 9.65. The van der Waals surface area contributed by atoms with Gasteiger partial charge < -0.3 is 15.5 Å². The lowest BCUT2D eigenvalue weighted by molar-refractivity contribution is -0.130. The molecule has 8 nitrogen and oxygen atoms in total. The summed E-state index contributed by atoms with van der Waals surface area (Å²) in [5.74, 6) is -0.854. The number of aryl methyl sites for hydroxylation is 1. The Morgan fingerprint density at radius 1 is 1.25 bits per heavy atom. The van der Waals surface area contributed by atoms with E-state index in [1.807, 2.05) is 6.92 Å². The minimum Gasteiger partial charge on any atom is -0.353 e. The van der Waals surface area contributed by atoms with Crippen LogP contribution in [0.2, 0.25) is 0 Å². The predicted octanol–water partition coefficient (Wildman–Crippen LogP) is 1.97. The van der Waals surface area contributed by atoms with Crippen molar-refractivity contribution in [3.05, 3.63) is 42.2 Å². The average molecular weight is 463 g/mol. The van der Waals surface area contributed by atoms with Crippen LogP contribution in [0.3, 0.4) is 0 Å². The van der Waals surface area contributed by atoms with E-state index < -0.39 is 22.0 Å². The minimum atomic E-state index is -3.98. The Kier molecular flexibility index (Phi) is 7.00. The van der Waals surface area contributed by atoms with Gasteiger partial charge in [0, 0.05) is 37.6 Å². The highest BCUT2D eigenvalue weighted by Gasteiger charge is 2.40. The number of sulfonamides is 1. The zero-order valence-corrected chi connectivity index (χ0v) is 20.3. The molecule has 1 aromatic rings. The summed E-state index contributed by atoms with van der Waals surface area (Å²) < 4.78 is 27.4. The van der Waals surface area contributed by atoms with Gasteiger partial charge in [0.1, 0.15) is 6.04 Å². The van der Waals surface area contributed by atoms with E-state index in [-0.39, 0.29) is 28.7 Å². The number of piperidine rings is 1. The molecule has 3 rings (SSSR count). The first-order valence-corrected chi connectivity index (χ1v) is 12.5. The standard InChI is InChI=1S/C23H34N4O4S/c1-16(2)26-12-10-20(23(4,5)15-26)25-21(28)14-19-22(29)24-11-13-27(19)32(30,31)18-8-6-17(3)7-9-18/h6-9,11,13,16,19-20H,10,12,14-15H2,1-5H3,(H,24,29)(H,25,28)/t19-,20+/m1/s1. The van der Waals surface area contributed by atoms with Crippen molar-refractivity contribution < 1.29 is 18.0 Å². The summed E-state index contributed by atoms with van der Waals surface area (Å²) in [6.07, 6.45) is 3.15. The fourth-order valence-corrected chi connectivity index (χ4v) is 5.76. The number of likely N-dealkylation sites (tertiary alicyclic amines) is 1. The van der Waals surface area contributed by atoms with Crippen LogP contribution in [0.5, 0.6) is 0 Å². The number of hydrogen-bond donors (Lipinski definition) is 2. The number of nitrogens with zero attached hydrogens (tertiary/aromatic N) is 2. The van der Waals surface area contributed by atoms with E-state index in [4.69, 9.17) is 0 Å². The highest BCUT2D eigenvalue weighted by atomic mass is 32.2. The van der Waals surface area contributed by atoms with Crippen LogP contribution >= 0.6 is 0 Å². The molecule has 176 valence electrons. The Bertz CT molecular complexity index is 986. The van der Waals surface area contributed by atoms with Crippen LogP contribution in [0.4, 0.5) is 0 Å². The summed E-state index contributed by atoms with van der Waals surface area (Å²) in [6, 6.07) is 5.66. The van der Waals surface area contributed by atoms with E-state index >= 15 is 0 Å². The number of hydrogen-bond acceptors (Lipinski definition) is 5. The van der Waals surface area contributed by atoms with E-state index in [0.29, 0.717) is 6.04 Å². The van der Waals surface area contributed by atoms with Crippen LogP contribution in [0.25, 0.3) is 0 Å². The third kappa shape index (κ3) is 5.15. The molecule has 0 aliphatic carbocycles. The van der Waals surface area contributed by atoms with Crippen molar-refractivity contribution in [3.8, 4) is 0 Å². The van der Waals surface area contributed by atoms with Crippen LogP contribution in [-0.4, -0.2) is 60.7 Å². The normalized spacial score (nSPS) is 23.8. The van der Waals surface area contributed by atoms with E-state index in [2.05, 4.69) is 43.2 Å². The molecule has 1 saturated heterocycles. The first kappa shape index (κ1) is 24.3. The topological polar surface area (TPSA) is 98.8 Å². The van der Waals surface area contributed by atoms with Crippen molar-refractivity contribution in [2.75, 3.05) is 13.1 Å². The van der Waals surface area contributed by atoms with Gasteiger partial charge in [0.25, 0.3) is 10.0 Å². The summed E-state index contributed by atoms with van der Waals surface area (Å²) in [5.41, 5.74) is 0.790. The smallest absolute Gasteiger partial charge is 0.264 e. The lowest BCUT2D eigenvalue weighted by atomic mass is 9.78.